The Morgan fingerprint density at radius 1 is 1.03 bits per heavy atom. The van der Waals surface area contributed by atoms with Gasteiger partial charge >= 0.3 is 5.97 Å². The van der Waals surface area contributed by atoms with Gasteiger partial charge in [-0.3, -0.25) is 9.59 Å². The van der Waals surface area contributed by atoms with Gasteiger partial charge in [-0.05, 0) is 48.1 Å². The third-order valence-corrected chi connectivity index (χ3v) is 5.67. The van der Waals surface area contributed by atoms with Crippen LogP contribution >= 0.6 is 11.6 Å². The SMILES string of the molecule is CC(=O)Oc1ccc(CNCC(CNC(=O)c2nc(Cl)c(N)nc2N)Cc2ccccc2C)cc1. The lowest BCUT2D eigenvalue weighted by Gasteiger charge is -2.20. The van der Waals surface area contributed by atoms with Gasteiger partial charge in [-0.25, -0.2) is 9.97 Å². The smallest absolute Gasteiger partial charge is 0.308 e. The highest BCUT2D eigenvalue weighted by molar-refractivity contribution is 6.31. The van der Waals surface area contributed by atoms with Gasteiger partial charge in [0.05, 0.1) is 0 Å². The summed E-state index contributed by atoms with van der Waals surface area (Å²) in [5, 5.41) is 6.27. The number of hydrogen-bond donors (Lipinski definition) is 4. The summed E-state index contributed by atoms with van der Waals surface area (Å²) < 4.78 is 5.07. The first-order valence-corrected chi connectivity index (χ1v) is 11.5. The molecule has 184 valence electrons. The third kappa shape index (κ3) is 7.66. The summed E-state index contributed by atoms with van der Waals surface area (Å²) in [5.41, 5.74) is 14.8. The fourth-order valence-electron chi connectivity index (χ4n) is 3.56. The Balaban J connectivity index is 1.64. The maximum Gasteiger partial charge on any atom is 0.308 e. The molecule has 6 N–H and O–H groups in total. The molecule has 3 aromatic rings. The number of benzene rings is 2. The van der Waals surface area contributed by atoms with Gasteiger partial charge in [0.1, 0.15) is 5.75 Å². The molecule has 1 aromatic heterocycles. The predicted molar refractivity (Wildman–Crippen MR) is 136 cm³/mol. The molecule has 10 heteroatoms. The molecule has 3 rings (SSSR count). The van der Waals surface area contributed by atoms with Crippen LogP contribution in [-0.4, -0.2) is 34.9 Å². The molecule has 0 saturated carbocycles. The van der Waals surface area contributed by atoms with Crippen molar-refractivity contribution in [1.82, 2.24) is 20.6 Å². The molecule has 2 aromatic carbocycles. The van der Waals surface area contributed by atoms with Crippen LogP contribution in [0, 0.1) is 12.8 Å². The summed E-state index contributed by atoms with van der Waals surface area (Å²) in [6.07, 6.45) is 0.759. The van der Waals surface area contributed by atoms with Crippen LogP contribution < -0.4 is 26.8 Å². The van der Waals surface area contributed by atoms with E-state index in [2.05, 4.69) is 39.7 Å². The fraction of sp³-hybridized carbons (Fsp3) is 0.280. The first kappa shape index (κ1) is 25.9. The molecule has 0 aliphatic carbocycles. The number of nitrogens with one attached hydrogen (secondary N) is 2. The molecule has 1 amide bonds. The van der Waals surface area contributed by atoms with E-state index in [-0.39, 0.29) is 34.4 Å². The molecule has 9 nitrogen and oxygen atoms in total. The minimum atomic E-state index is -0.465. The number of aryl methyl sites for hydroxylation is 1. The van der Waals surface area contributed by atoms with Gasteiger partial charge in [0.15, 0.2) is 22.5 Å². The van der Waals surface area contributed by atoms with Gasteiger partial charge in [0, 0.05) is 26.6 Å². The van der Waals surface area contributed by atoms with Crippen LogP contribution in [0.1, 0.15) is 34.1 Å². The Bertz CT molecular complexity index is 1190. The average molecular weight is 497 g/mol. The summed E-state index contributed by atoms with van der Waals surface area (Å²) >= 11 is 5.91. The highest BCUT2D eigenvalue weighted by Gasteiger charge is 2.18. The van der Waals surface area contributed by atoms with Gasteiger partial charge in [0.2, 0.25) is 0 Å². The number of rotatable bonds is 10. The van der Waals surface area contributed by atoms with E-state index in [4.69, 9.17) is 27.8 Å². The van der Waals surface area contributed by atoms with Crippen molar-refractivity contribution >= 4 is 35.1 Å². The van der Waals surface area contributed by atoms with Crippen molar-refractivity contribution in [3.63, 3.8) is 0 Å². The summed E-state index contributed by atoms with van der Waals surface area (Å²) in [5.74, 6) is -0.331. The van der Waals surface area contributed by atoms with E-state index in [0.29, 0.717) is 25.4 Å². The first-order chi connectivity index (χ1) is 16.7. The molecule has 0 fully saturated rings. The molecule has 0 radical (unpaired) electrons. The molecule has 0 bridgehead atoms. The normalized spacial score (nSPS) is 11.6. The molecule has 0 aliphatic rings. The van der Waals surface area contributed by atoms with Crippen LogP contribution in [0.25, 0.3) is 0 Å². The number of ether oxygens (including phenoxy) is 1. The molecular weight excluding hydrogens is 468 g/mol. The molecule has 0 aliphatic heterocycles. The van der Waals surface area contributed by atoms with E-state index in [1.807, 2.05) is 24.3 Å². The number of carbonyl (C=O) groups excluding carboxylic acids is 2. The van der Waals surface area contributed by atoms with Crippen molar-refractivity contribution in [3.05, 3.63) is 76.1 Å². The van der Waals surface area contributed by atoms with Crippen LogP contribution in [0.4, 0.5) is 11.6 Å². The van der Waals surface area contributed by atoms with Crippen molar-refractivity contribution in [1.29, 1.82) is 0 Å². The number of anilines is 2. The fourth-order valence-corrected chi connectivity index (χ4v) is 3.68. The maximum atomic E-state index is 12.7. The number of nitrogen functional groups attached to an aromatic ring is 2. The monoisotopic (exact) mass is 496 g/mol. The Morgan fingerprint density at radius 2 is 1.74 bits per heavy atom. The van der Waals surface area contributed by atoms with Crippen LogP contribution in [0.3, 0.4) is 0 Å². The zero-order valence-electron chi connectivity index (χ0n) is 19.7. The number of carbonyl (C=O) groups is 2. The van der Waals surface area contributed by atoms with Crippen molar-refractivity contribution in [2.24, 2.45) is 5.92 Å². The van der Waals surface area contributed by atoms with Crippen molar-refractivity contribution in [3.8, 4) is 5.75 Å². The van der Waals surface area contributed by atoms with E-state index < -0.39 is 5.91 Å². The third-order valence-electron chi connectivity index (χ3n) is 5.39. The summed E-state index contributed by atoms with van der Waals surface area (Å²) in [6, 6.07) is 15.5. The molecule has 1 heterocycles. The molecule has 0 saturated heterocycles. The van der Waals surface area contributed by atoms with Gasteiger partial charge in [-0.1, -0.05) is 48.0 Å². The lowest BCUT2D eigenvalue weighted by molar-refractivity contribution is -0.131. The van der Waals surface area contributed by atoms with E-state index in [9.17, 15) is 9.59 Å². The Kier molecular flexibility index (Phi) is 8.99. The number of nitrogens with two attached hydrogens (primary N) is 2. The van der Waals surface area contributed by atoms with Crippen LogP contribution in [0.15, 0.2) is 48.5 Å². The highest BCUT2D eigenvalue weighted by atomic mass is 35.5. The van der Waals surface area contributed by atoms with Gasteiger partial charge < -0.3 is 26.8 Å². The van der Waals surface area contributed by atoms with E-state index >= 15 is 0 Å². The Labute approximate surface area is 209 Å². The predicted octanol–water partition coefficient (Wildman–Crippen LogP) is 2.91. The number of esters is 1. The van der Waals surface area contributed by atoms with Crippen LogP contribution in [0.2, 0.25) is 5.15 Å². The minimum Gasteiger partial charge on any atom is -0.427 e. The van der Waals surface area contributed by atoms with Crippen molar-refractivity contribution < 1.29 is 14.3 Å². The second-order valence-electron chi connectivity index (χ2n) is 8.21. The Hall–Kier alpha value is -3.69. The van der Waals surface area contributed by atoms with Crippen LogP contribution in [0.5, 0.6) is 5.75 Å². The van der Waals surface area contributed by atoms with Gasteiger partial charge in [-0.2, -0.15) is 0 Å². The first-order valence-electron chi connectivity index (χ1n) is 11.1. The molecule has 1 atom stereocenters. The zero-order chi connectivity index (χ0) is 25.4. The van der Waals surface area contributed by atoms with E-state index in [1.54, 1.807) is 12.1 Å². The summed E-state index contributed by atoms with van der Waals surface area (Å²) in [7, 11) is 0. The number of aromatic nitrogens is 2. The number of hydrogen-bond acceptors (Lipinski definition) is 8. The molecule has 1 unspecified atom stereocenters. The molecular formula is C25H29ClN6O3. The number of amides is 1. The second-order valence-corrected chi connectivity index (χ2v) is 8.57. The zero-order valence-corrected chi connectivity index (χ0v) is 20.4. The maximum absolute atomic E-state index is 12.7. The topological polar surface area (TPSA) is 145 Å². The second kappa shape index (κ2) is 12.1. The van der Waals surface area contributed by atoms with Gasteiger partial charge in [0.25, 0.3) is 5.91 Å². The van der Waals surface area contributed by atoms with Crippen LogP contribution in [-0.2, 0) is 17.8 Å². The lowest BCUT2D eigenvalue weighted by Crippen LogP contribution is -2.36. The largest absolute Gasteiger partial charge is 0.427 e. The lowest BCUT2D eigenvalue weighted by atomic mass is 9.95. The summed E-state index contributed by atoms with van der Waals surface area (Å²) in [4.78, 5) is 31.6. The summed E-state index contributed by atoms with van der Waals surface area (Å²) in [6.45, 7) is 5.07. The number of nitrogens with zero attached hydrogens (tertiary/aromatic N) is 2. The molecule has 35 heavy (non-hydrogen) atoms. The van der Waals surface area contributed by atoms with Crippen molar-refractivity contribution in [2.45, 2.75) is 26.8 Å². The minimum absolute atomic E-state index is 0.0248. The van der Waals surface area contributed by atoms with E-state index in [1.165, 1.54) is 18.1 Å². The average Bonchev–Trinajstić information content (AvgIpc) is 2.81. The van der Waals surface area contributed by atoms with Gasteiger partial charge in [-0.15, -0.1) is 0 Å². The Morgan fingerprint density at radius 3 is 2.43 bits per heavy atom. The standard InChI is InChI=1S/C25H29ClN6O3/c1-15-5-3-4-6-19(15)11-18(13-29-12-17-7-9-20(10-8-17)35-16(2)33)14-30-25(34)21-23(27)32-24(28)22(26)31-21/h3-10,18,29H,11-14H2,1-2H3,(H,30,34)(H4,27,28,32). The van der Waals surface area contributed by atoms with Crippen molar-refractivity contribution in [2.75, 3.05) is 24.6 Å². The highest BCUT2D eigenvalue weighted by Crippen LogP contribution is 2.18. The number of halogens is 1. The molecule has 0 spiro atoms. The quantitative estimate of drug-likeness (QED) is 0.247. The van der Waals surface area contributed by atoms with E-state index in [0.717, 1.165) is 12.0 Å².